The maximum atomic E-state index is 12.2. The van der Waals surface area contributed by atoms with Crippen LogP contribution in [-0.2, 0) is 7.05 Å². The average Bonchev–Trinajstić information content (AvgIpc) is 3.13. The molecule has 0 unspecified atom stereocenters. The Morgan fingerprint density at radius 1 is 1.00 bits per heavy atom. The fraction of sp³-hybridized carbons (Fsp3) is 0.105. The molecular formula is C19H18N6O2. The highest BCUT2D eigenvalue weighted by Crippen LogP contribution is 2.12. The quantitative estimate of drug-likeness (QED) is 0.537. The molecule has 2 heterocycles. The Balaban J connectivity index is 1.63. The number of hydrazone groups is 1. The van der Waals surface area contributed by atoms with E-state index in [1.807, 2.05) is 12.1 Å². The highest BCUT2D eigenvalue weighted by molar-refractivity contribution is 6.04. The van der Waals surface area contributed by atoms with Crippen LogP contribution in [0.15, 0.2) is 66.2 Å². The molecule has 0 aliphatic heterocycles. The van der Waals surface area contributed by atoms with Crippen LogP contribution >= 0.6 is 0 Å². The molecule has 2 N–H and O–H groups in total. The molecule has 0 spiro atoms. The van der Waals surface area contributed by atoms with E-state index in [2.05, 4.69) is 25.9 Å². The summed E-state index contributed by atoms with van der Waals surface area (Å²) in [5.74, 6) is -0.570. The molecule has 0 aliphatic carbocycles. The normalized spacial score (nSPS) is 11.1. The van der Waals surface area contributed by atoms with Crippen LogP contribution in [0.2, 0.25) is 0 Å². The summed E-state index contributed by atoms with van der Waals surface area (Å²) in [5, 5.41) is 10.9. The molecule has 0 fully saturated rings. The Morgan fingerprint density at radius 3 is 2.41 bits per heavy atom. The lowest BCUT2D eigenvalue weighted by Crippen LogP contribution is -2.19. The number of aryl methyl sites for hydroxylation is 1. The van der Waals surface area contributed by atoms with Crippen molar-refractivity contribution in [2.45, 2.75) is 6.92 Å². The van der Waals surface area contributed by atoms with Crippen molar-refractivity contribution < 1.29 is 9.59 Å². The second kappa shape index (κ2) is 8.05. The first kappa shape index (κ1) is 18.0. The summed E-state index contributed by atoms with van der Waals surface area (Å²) in [5.41, 5.74) is 5.50. The number of anilines is 1. The van der Waals surface area contributed by atoms with Gasteiger partial charge in [0.25, 0.3) is 11.8 Å². The van der Waals surface area contributed by atoms with E-state index in [0.29, 0.717) is 22.7 Å². The number of nitrogens with one attached hydrogen (secondary N) is 2. The number of benzene rings is 1. The number of aromatic nitrogens is 3. The second-order valence-corrected chi connectivity index (χ2v) is 5.75. The zero-order valence-electron chi connectivity index (χ0n) is 14.9. The number of hydrogen-bond acceptors (Lipinski definition) is 5. The molecule has 2 aromatic heterocycles. The van der Waals surface area contributed by atoms with Gasteiger partial charge in [-0.25, -0.2) is 5.43 Å². The number of amides is 2. The van der Waals surface area contributed by atoms with Crippen LogP contribution in [0, 0.1) is 0 Å². The molecular weight excluding hydrogens is 344 g/mol. The maximum Gasteiger partial charge on any atom is 0.273 e. The van der Waals surface area contributed by atoms with E-state index in [4.69, 9.17) is 0 Å². The second-order valence-electron chi connectivity index (χ2n) is 5.75. The van der Waals surface area contributed by atoms with Gasteiger partial charge in [-0.05, 0) is 42.8 Å². The molecule has 0 radical (unpaired) electrons. The number of pyridine rings is 1. The van der Waals surface area contributed by atoms with Crippen LogP contribution in [0.1, 0.15) is 33.3 Å². The third kappa shape index (κ3) is 4.43. The minimum atomic E-state index is -0.331. The van der Waals surface area contributed by atoms with Crippen LogP contribution in [0.3, 0.4) is 0 Å². The first-order chi connectivity index (χ1) is 13.0. The van der Waals surface area contributed by atoms with Gasteiger partial charge in [0.05, 0.1) is 11.3 Å². The Bertz CT molecular complexity index is 977. The molecule has 1 aromatic carbocycles. The van der Waals surface area contributed by atoms with Crippen molar-refractivity contribution in [3.8, 4) is 0 Å². The molecule has 0 saturated heterocycles. The predicted molar refractivity (Wildman–Crippen MR) is 102 cm³/mol. The molecule has 8 nitrogen and oxygen atoms in total. The molecule has 136 valence electrons. The Kier molecular flexibility index (Phi) is 5.36. The predicted octanol–water partition coefficient (Wildman–Crippen LogP) is 2.22. The zero-order chi connectivity index (χ0) is 19.2. The molecule has 0 bridgehead atoms. The molecule has 0 atom stereocenters. The topological polar surface area (TPSA) is 101 Å². The summed E-state index contributed by atoms with van der Waals surface area (Å²) in [7, 11) is 1.71. The monoisotopic (exact) mass is 362 g/mol. The van der Waals surface area contributed by atoms with Gasteiger partial charge in [-0.15, -0.1) is 0 Å². The fourth-order valence-electron chi connectivity index (χ4n) is 2.35. The number of carbonyl (C=O) groups excluding carboxylic acids is 2. The largest absolute Gasteiger partial charge is 0.321 e. The first-order valence-corrected chi connectivity index (χ1v) is 8.19. The Morgan fingerprint density at radius 2 is 1.78 bits per heavy atom. The van der Waals surface area contributed by atoms with E-state index >= 15 is 0 Å². The van der Waals surface area contributed by atoms with Crippen molar-refractivity contribution in [1.29, 1.82) is 0 Å². The van der Waals surface area contributed by atoms with Gasteiger partial charge >= 0.3 is 0 Å². The molecule has 3 aromatic rings. The molecule has 2 amide bonds. The van der Waals surface area contributed by atoms with Crippen molar-refractivity contribution >= 4 is 23.2 Å². The highest BCUT2D eigenvalue weighted by atomic mass is 16.2. The highest BCUT2D eigenvalue weighted by Gasteiger charge is 2.10. The van der Waals surface area contributed by atoms with Crippen molar-refractivity contribution in [1.82, 2.24) is 20.2 Å². The van der Waals surface area contributed by atoms with Crippen molar-refractivity contribution in [2.75, 3.05) is 5.32 Å². The summed E-state index contributed by atoms with van der Waals surface area (Å²) in [6, 6.07) is 12.2. The van der Waals surface area contributed by atoms with Crippen molar-refractivity contribution in [3.63, 3.8) is 0 Å². The summed E-state index contributed by atoms with van der Waals surface area (Å²) >= 11 is 0. The van der Waals surface area contributed by atoms with Crippen LogP contribution in [0.25, 0.3) is 0 Å². The molecule has 27 heavy (non-hydrogen) atoms. The lowest BCUT2D eigenvalue weighted by molar-refractivity contribution is 0.0953. The zero-order valence-corrected chi connectivity index (χ0v) is 14.9. The fourth-order valence-corrected chi connectivity index (χ4v) is 2.35. The SMILES string of the molecule is C/C(=N\NC(=O)c1cccnc1)c1ccc(NC(=O)c2ccnn2C)cc1. The van der Waals surface area contributed by atoms with E-state index in [9.17, 15) is 9.59 Å². The Labute approximate surface area is 155 Å². The van der Waals surface area contributed by atoms with Crippen LogP contribution in [-0.4, -0.2) is 32.3 Å². The van der Waals surface area contributed by atoms with Gasteiger partial charge in [0.2, 0.25) is 0 Å². The van der Waals surface area contributed by atoms with Gasteiger partial charge in [-0.3, -0.25) is 19.3 Å². The van der Waals surface area contributed by atoms with Gasteiger partial charge in [0.15, 0.2) is 0 Å². The smallest absolute Gasteiger partial charge is 0.273 e. The number of hydrogen-bond donors (Lipinski definition) is 2. The van der Waals surface area contributed by atoms with E-state index in [-0.39, 0.29) is 11.8 Å². The number of carbonyl (C=O) groups is 2. The van der Waals surface area contributed by atoms with Gasteiger partial charge in [0.1, 0.15) is 5.69 Å². The van der Waals surface area contributed by atoms with Gasteiger partial charge in [0, 0.05) is 31.3 Å². The average molecular weight is 362 g/mol. The van der Waals surface area contributed by atoms with Crippen molar-refractivity contribution in [3.05, 3.63) is 77.9 Å². The van der Waals surface area contributed by atoms with Crippen LogP contribution < -0.4 is 10.7 Å². The lowest BCUT2D eigenvalue weighted by atomic mass is 10.1. The molecule has 3 rings (SSSR count). The summed E-state index contributed by atoms with van der Waals surface area (Å²) in [4.78, 5) is 28.1. The van der Waals surface area contributed by atoms with Crippen LogP contribution in [0.5, 0.6) is 0 Å². The van der Waals surface area contributed by atoms with Gasteiger partial charge in [-0.2, -0.15) is 10.2 Å². The van der Waals surface area contributed by atoms with E-state index in [1.54, 1.807) is 56.7 Å². The first-order valence-electron chi connectivity index (χ1n) is 8.19. The third-order valence-corrected chi connectivity index (χ3v) is 3.86. The van der Waals surface area contributed by atoms with E-state index in [0.717, 1.165) is 5.56 Å². The van der Waals surface area contributed by atoms with E-state index in [1.165, 1.54) is 10.9 Å². The molecule has 0 aliphatic rings. The van der Waals surface area contributed by atoms with E-state index < -0.39 is 0 Å². The summed E-state index contributed by atoms with van der Waals surface area (Å²) in [6.45, 7) is 1.78. The third-order valence-electron chi connectivity index (χ3n) is 3.86. The van der Waals surface area contributed by atoms with Gasteiger partial charge in [-0.1, -0.05) is 12.1 Å². The van der Waals surface area contributed by atoms with Crippen LogP contribution in [0.4, 0.5) is 5.69 Å². The minimum Gasteiger partial charge on any atom is -0.321 e. The summed E-state index contributed by atoms with van der Waals surface area (Å²) in [6.07, 6.45) is 4.64. The van der Waals surface area contributed by atoms with Gasteiger partial charge < -0.3 is 5.32 Å². The molecule has 0 saturated carbocycles. The summed E-state index contributed by atoms with van der Waals surface area (Å²) < 4.78 is 1.51. The maximum absolute atomic E-state index is 12.2. The lowest BCUT2D eigenvalue weighted by Gasteiger charge is -2.07. The minimum absolute atomic E-state index is 0.239. The molecule has 8 heteroatoms. The standard InChI is InChI=1S/C19H18N6O2/c1-13(23-24-18(26)15-4-3-10-20-12-15)14-5-7-16(8-6-14)22-19(27)17-9-11-21-25(17)2/h3-12H,1-2H3,(H,22,27)(H,24,26)/b23-13+. The number of rotatable bonds is 5. The number of nitrogens with zero attached hydrogens (tertiary/aromatic N) is 4. The Hall–Kier alpha value is -3.81. The van der Waals surface area contributed by atoms with Crippen molar-refractivity contribution in [2.24, 2.45) is 12.1 Å².